The Labute approximate surface area is 198 Å². The van der Waals surface area contributed by atoms with Crippen molar-refractivity contribution < 1.29 is 28.9 Å². The first-order valence-electron chi connectivity index (χ1n) is 11.5. The van der Waals surface area contributed by atoms with E-state index in [1.165, 1.54) is 0 Å². The maximum atomic E-state index is 13.0. The maximum absolute atomic E-state index is 13.0. The van der Waals surface area contributed by atoms with E-state index in [4.69, 9.17) is 14.2 Å². The van der Waals surface area contributed by atoms with Gasteiger partial charge >= 0.3 is 11.9 Å². The van der Waals surface area contributed by atoms with Crippen LogP contribution in [0.25, 0.3) is 11.1 Å². The molecule has 0 amide bonds. The highest BCUT2D eigenvalue weighted by molar-refractivity contribution is 5.90. The van der Waals surface area contributed by atoms with E-state index in [2.05, 4.69) is 0 Å². The van der Waals surface area contributed by atoms with E-state index < -0.39 is 24.3 Å². The molecule has 0 radical (unpaired) electrons. The SMILES string of the molecule is O=C1C[C@@H]2[C@H](COCc3ccccc3)[C@H](OC(=O)c3ccc(-c4ccccc4)cc3)C(O1)[C@H]2O. The molecule has 1 unspecified atom stereocenters. The van der Waals surface area contributed by atoms with Crippen molar-refractivity contribution in [2.75, 3.05) is 6.61 Å². The molecule has 1 aliphatic carbocycles. The van der Waals surface area contributed by atoms with Crippen molar-refractivity contribution >= 4 is 11.9 Å². The molecule has 0 aromatic heterocycles. The number of aliphatic hydroxyl groups is 1. The number of ether oxygens (including phenoxy) is 3. The molecular formula is C28H26O6. The van der Waals surface area contributed by atoms with Crippen molar-refractivity contribution in [2.45, 2.75) is 31.3 Å². The number of carbonyl (C=O) groups is 2. The molecule has 1 heterocycles. The first kappa shape index (κ1) is 22.3. The molecule has 1 aliphatic heterocycles. The van der Waals surface area contributed by atoms with Crippen molar-refractivity contribution in [2.24, 2.45) is 11.8 Å². The predicted molar refractivity (Wildman–Crippen MR) is 125 cm³/mol. The summed E-state index contributed by atoms with van der Waals surface area (Å²) in [6.07, 6.45) is -2.47. The number of aliphatic hydroxyl groups excluding tert-OH is 1. The molecule has 3 aromatic carbocycles. The Balaban J connectivity index is 1.29. The number of carbonyl (C=O) groups excluding carboxylic acids is 2. The van der Waals surface area contributed by atoms with Crippen LogP contribution in [0.2, 0.25) is 0 Å². The van der Waals surface area contributed by atoms with Gasteiger partial charge in [0.1, 0.15) is 6.10 Å². The average molecular weight is 459 g/mol. The fourth-order valence-electron chi connectivity index (χ4n) is 4.86. The molecule has 6 heteroatoms. The highest BCUT2D eigenvalue weighted by Gasteiger charge is 2.57. The third-order valence-electron chi connectivity index (χ3n) is 6.63. The summed E-state index contributed by atoms with van der Waals surface area (Å²) in [6, 6.07) is 26.8. The molecule has 34 heavy (non-hydrogen) atoms. The highest BCUT2D eigenvalue weighted by Crippen LogP contribution is 2.43. The van der Waals surface area contributed by atoms with Crippen LogP contribution in [0.3, 0.4) is 0 Å². The smallest absolute Gasteiger partial charge is 0.338 e. The molecule has 174 valence electrons. The molecule has 5 atom stereocenters. The molecule has 5 rings (SSSR count). The maximum Gasteiger partial charge on any atom is 0.338 e. The second kappa shape index (κ2) is 9.79. The van der Waals surface area contributed by atoms with Gasteiger partial charge in [0.15, 0.2) is 6.10 Å². The molecule has 3 aromatic rings. The zero-order valence-electron chi connectivity index (χ0n) is 18.6. The molecule has 0 spiro atoms. The number of hydrogen-bond donors (Lipinski definition) is 1. The minimum atomic E-state index is -0.888. The van der Waals surface area contributed by atoms with Crippen LogP contribution in [-0.2, 0) is 25.6 Å². The Kier molecular flexibility index (Phi) is 6.43. The molecule has 2 aliphatic rings. The Morgan fingerprint density at radius 3 is 2.26 bits per heavy atom. The lowest BCUT2D eigenvalue weighted by Gasteiger charge is -2.26. The van der Waals surface area contributed by atoms with E-state index in [-0.39, 0.29) is 30.8 Å². The lowest BCUT2D eigenvalue weighted by atomic mass is 9.91. The van der Waals surface area contributed by atoms with Gasteiger partial charge in [-0.2, -0.15) is 0 Å². The molecule has 2 fully saturated rings. The van der Waals surface area contributed by atoms with Crippen LogP contribution in [0.4, 0.5) is 0 Å². The van der Waals surface area contributed by atoms with Crippen molar-refractivity contribution in [1.29, 1.82) is 0 Å². The molecule has 1 saturated carbocycles. The Morgan fingerprint density at radius 2 is 1.56 bits per heavy atom. The first-order chi connectivity index (χ1) is 16.6. The fraction of sp³-hybridized carbons (Fsp3) is 0.286. The van der Waals surface area contributed by atoms with Gasteiger partial charge in [-0.3, -0.25) is 4.79 Å². The van der Waals surface area contributed by atoms with Gasteiger partial charge in [0.2, 0.25) is 0 Å². The van der Waals surface area contributed by atoms with Crippen molar-refractivity contribution in [1.82, 2.24) is 0 Å². The predicted octanol–water partition coefficient (Wildman–Crippen LogP) is 4.02. The summed E-state index contributed by atoms with van der Waals surface area (Å²) >= 11 is 0. The number of hydrogen-bond acceptors (Lipinski definition) is 6. The van der Waals surface area contributed by atoms with Crippen molar-refractivity contribution in [3.8, 4) is 11.1 Å². The minimum Gasteiger partial charge on any atom is -0.456 e. The summed E-state index contributed by atoms with van der Waals surface area (Å²) in [5.74, 6) is -1.63. The Hall–Kier alpha value is -3.48. The van der Waals surface area contributed by atoms with E-state index in [1.54, 1.807) is 12.1 Å². The highest BCUT2D eigenvalue weighted by atomic mass is 16.6. The van der Waals surface area contributed by atoms with Gasteiger partial charge in [-0.1, -0.05) is 72.8 Å². The van der Waals surface area contributed by atoms with Crippen LogP contribution < -0.4 is 0 Å². The quantitative estimate of drug-likeness (QED) is 0.539. The number of esters is 2. The summed E-state index contributed by atoms with van der Waals surface area (Å²) in [6.45, 7) is 0.635. The normalized spacial score (nSPS) is 25.6. The number of fused-ring (bicyclic) bond motifs is 2. The van der Waals surface area contributed by atoms with Gasteiger partial charge in [-0.25, -0.2) is 4.79 Å². The monoisotopic (exact) mass is 458 g/mol. The Bertz CT molecular complexity index is 1130. The van der Waals surface area contributed by atoms with Crippen LogP contribution in [-0.4, -0.2) is 42.0 Å². The van der Waals surface area contributed by atoms with Gasteiger partial charge in [-0.15, -0.1) is 0 Å². The van der Waals surface area contributed by atoms with Crippen LogP contribution in [0, 0.1) is 11.8 Å². The summed E-state index contributed by atoms with van der Waals surface area (Å²) in [5, 5.41) is 10.7. The zero-order valence-corrected chi connectivity index (χ0v) is 18.6. The van der Waals surface area contributed by atoms with E-state index in [0.717, 1.165) is 16.7 Å². The van der Waals surface area contributed by atoms with Crippen LogP contribution in [0.1, 0.15) is 22.3 Å². The first-order valence-corrected chi connectivity index (χ1v) is 11.5. The van der Waals surface area contributed by atoms with Crippen molar-refractivity contribution in [3.63, 3.8) is 0 Å². The summed E-state index contributed by atoms with van der Waals surface area (Å²) in [4.78, 5) is 25.1. The molecule has 1 N–H and O–H groups in total. The third kappa shape index (κ3) is 4.60. The largest absolute Gasteiger partial charge is 0.456 e. The fourth-order valence-corrected chi connectivity index (χ4v) is 4.86. The van der Waals surface area contributed by atoms with Gasteiger partial charge < -0.3 is 19.3 Å². The van der Waals surface area contributed by atoms with E-state index in [1.807, 2.05) is 72.8 Å². The number of rotatable bonds is 7. The standard InChI is InChI=1S/C28H26O6/c29-24-15-22-23(17-32-16-18-7-3-1-4-8-18)26(27(33-24)25(22)30)34-28(31)21-13-11-20(12-14-21)19-9-5-2-6-10-19/h1-14,22-23,25-27,30H,15-17H2/t22-,23+,25+,26+,27?/m1/s1. The van der Waals surface area contributed by atoms with E-state index in [0.29, 0.717) is 12.2 Å². The summed E-state index contributed by atoms with van der Waals surface area (Å²) in [7, 11) is 0. The van der Waals surface area contributed by atoms with Crippen LogP contribution >= 0.6 is 0 Å². The molecular weight excluding hydrogens is 432 g/mol. The zero-order chi connectivity index (χ0) is 23.5. The van der Waals surface area contributed by atoms with Gasteiger partial charge in [0, 0.05) is 11.8 Å². The summed E-state index contributed by atoms with van der Waals surface area (Å²) < 4.78 is 17.1. The van der Waals surface area contributed by atoms with Gasteiger partial charge in [-0.05, 0) is 28.8 Å². The summed E-state index contributed by atoms with van der Waals surface area (Å²) in [5.41, 5.74) is 3.46. The van der Waals surface area contributed by atoms with Crippen LogP contribution in [0.15, 0.2) is 84.9 Å². The van der Waals surface area contributed by atoms with E-state index >= 15 is 0 Å². The average Bonchev–Trinajstić information content (AvgIpc) is 3.01. The molecule has 1 saturated heterocycles. The van der Waals surface area contributed by atoms with Gasteiger partial charge in [0.05, 0.1) is 31.3 Å². The topological polar surface area (TPSA) is 82.1 Å². The third-order valence-corrected chi connectivity index (χ3v) is 6.63. The van der Waals surface area contributed by atoms with Gasteiger partial charge in [0.25, 0.3) is 0 Å². The Morgan fingerprint density at radius 1 is 0.912 bits per heavy atom. The van der Waals surface area contributed by atoms with Crippen molar-refractivity contribution in [3.05, 3.63) is 96.1 Å². The lowest BCUT2D eigenvalue weighted by Crippen LogP contribution is -2.41. The second-order valence-corrected chi connectivity index (χ2v) is 8.79. The minimum absolute atomic E-state index is 0.0802. The number of benzene rings is 3. The second-order valence-electron chi connectivity index (χ2n) is 8.79. The molecule has 2 bridgehead atoms. The van der Waals surface area contributed by atoms with E-state index in [9.17, 15) is 14.7 Å². The van der Waals surface area contributed by atoms with Crippen LogP contribution in [0.5, 0.6) is 0 Å². The molecule has 6 nitrogen and oxygen atoms in total. The lowest BCUT2D eigenvalue weighted by molar-refractivity contribution is -0.168.